The number of anilines is 1. The van der Waals surface area contributed by atoms with Crippen LogP contribution in [0.3, 0.4) is 0 Å². The van der Waals surface area contributed by atoms with Crippen LogP contribution in [0.2, 0.25) is 0 Å². The lowest BCUT2D eigenvalue weighted by atomic mass is 10.2. The lowest BCUT2D eigenvalue weighted by molar-refractivity contribution is -0.274. The largest absolute Gasteiger partial charge is 0.573 e. The Morgan fingerprint density at radius 3 is 2.09 bits per heavy atom. The van der Waals surface area contributed by atoms with E-state index in [-0.39, 0.29) is 38.4 Å². The van der Waals surface area contributed by atoms with E-state index < -0.39 is 46.9 Å². The molecule has 0 atom stereocenters. The molecule has 34 heavy (non-hydrogen) atoms. The first kappa shape index (κ1) is 25.1. The van der Waals surface area contributed by atoms with Crippen LogP contribution in [-0.2, 0) is 11.0 Å². The Morgan fingerprint density at radius 1 is 0.941 bits per heavy atom. The second kappa shape index (κ2) is 9.75. The molecule has 0 radical (unpaired) electrons. The van der Waals surface area contributed by atoms with Crippen LogP contribution in [0.5, 0.6) is 5.75 Å². The first-order valence-corrected chi connectivity index (χ1v) is 9.79. The van der Waals surface area contributed by atoms with E-state index in [0.29, 0.717) is 6.07 Å². The smallest absolute Gasteiger partial charge is 0.406 e. The summed E-state index contributed by atoms with van der Waals surface area (Å²) in [6, 6.07) is 6.05. The van der Waals surface area contributed by atoms with Gasteiger partial charge in [-0.3, -0.25) is 19.3 Å². The summed E-state index contributed by atoms with van der Waals surface area (Å²) in [5, 5.41) is 2.53. The molecule has 0 bridgehead atoms. The van der Waals surface area contributed by atoms with E-state index in [1.54, 1.807) is 9.88 Å². The maximum absolute atomic E-state index is 12.7. The molecule has 2 amide bonds. The first-order chi connectivity index (χ1) is 15.8. The normalized spacial score (nSPS) is 15.2. The minimum absolute atomic E-state index is 0.0658. The van der Waals surface area contributed by atoms with Gasteiger partial charge in [-0.05, 0) is 36.4 Å². The average Bonchev–Trinajstić information content (AvgIpc) is 2.73. The number of hydrogen-bond acceptors (Lipinski definition) is 5. The van der Waals surface area contributed by atoms with Gasteiger partial charge in [0.25, 0.3) is 11.5 Å². The van der Waals surface area contributed by atoms with Crippen LogP contribution in [0.15, 0.2) is 41.2 Å². The van der Waals surface area contributed by atoms with Crippen LogP contribution < -0.4 is 15.6 Å². The fraction of sp³-hybridized carbons (Fsp3) is 0.350. The third kappa shape index (κ3) is 6.73. The van der Waals surface area contributed by atoms with Crippen molar-refractivity contribution in [2.45, 2.75) is 12.5 Å². The van der Waals surface area contributed by atoms with Crippen molar-refractivity contribution in [2.24, 2.45) is 0 Å². The summed E-state index contributed by atoms with van der Waals surface area (Å²) in [5.41, 5.74) is -2.56. The predicted molar refractivity (Wildman–Crippen MR) is 106 cm³/mol. The molecule has 0 unspecified atom stereocenters. The van der Waals surface area contributed by atoms with Gasteiger partial charge in [-0.1, -0.05) is 0 Å². The van der Waals surface area contributed by atoms with E-state index in [2.05, 4.69) is 10.1 Å². The molecule has 184 valence electrons. The molecule has 14 heteroatoms. The second-order valence-electron chi connectivity index (χ2n) is 7.30. The zero-order valence-corrected chi connectivity index (χ0v) is 17.3. The number of pyridine rings is 1. The fourth-order valence-electron chi connectivity index (χ4n) is 3.23. The number of nitrogens with one attached hydrogen (secondary N) is 2. The van der Waals surface area contributed by atoms with Gasteiger partial charge in [0.1, 0.15) is 17.0 Å². The molecule has 8 nitrogen and oxygen atoms in total. The summed E-state index contributed by atoms with van der Waals surface area (Å²) in [6.07, 6.45) is -9.57. The van der Waals surface area contributed by atoms with Crippen LogP contribution in [0, 0.1) is 0 Å². The molecule has 2 N–H and O–H groups in total. The molecule has 0 aliphatic carbocycles. The van der Waals surface area contributed by atoms with Crippen molar-refractivity contribution in [3.63, 3.8) is 0 Å². The number of ether oxygens (including phenoxy) is 1. The van der Waals surface area contributed by atoms with Crippen molar-refractivity contribution < 1.29 is 40.7 Å². The highest BCUT2D eigenvalue weighted by molar-refractivity contribution is 5.94. The van der Waals surface area contributed by atoms with E-state index in [9.17, 15) is 40.7 Å². The van der Waals surface area contributed by atoms with E-state index in [4.69, 9.17) is 0 Å². The summed E-state index contributed by atoms with van der Waals surface area (Å²) >= 11 is 0. The molecule has 0 spiro atoms. The molecule has 3 rings (SSSR count). The number of H-pyrrole nitrogens is 1. The number of piperazine rings is 1. The molecule has 1 saturated heterocycles. The number of halogens is 6. The summed E-state index contributed by atoms with van der Waals surface area (Å²) in [7, 11) is 0. The number of rotatable bonds is 5. The van der Waals surface area contributed by atoms with Gasteiger partial charge in [-0.15, -0.1) is 13.2 Å². The topological polar surface area (TPSA) is 94.7 Å². The van der Waals surface area contributed by atoms with Gasteiger partial charge < -0.3 is 19.9 Å². The van der Waals surface area contributed by atoms with Gasteiger partial charge >= 0.3 is 12.5 Å². The van der Waals surface area contributed by atoms with Crippen LogP contribution in [-0.4, -0.2) is 65.7 Å². The molecule has 2 heterocycles. The average molecular weight is 492 g/mol. The molecule has 2 aromatic rings. The van der Waals surface area contributed by atoms with Crippen LogP contribution in [0.4, 0.5) is 32.0 Å². The lowest BCUT2D eigenvalue weighted by Crippen LogP contribution is -2.51. The molecular formula is C20H18F6N4O4. The van der Waals surface area contributed by atoms with E-state index in [1.807, 2.05) is 0 Å². The van der Waals surface area contributed by atoms with Crippen molar-refractivity contribution >= 4 is 17.5 Å². The highest BCUT2D eigenvalue weighted by Gasteiger charge is 2.33. The number of carbonyl (C=O) groups excluding carboxylic acids is 2. The number of nitrogens with zero attached hydrogens (tertiary/aromatic N) is 2. The van der Waals surface area contributed by atoms with Crippen molar-refractivity contribution in [3.8, 4) is 5.75 Å². The Labute approximate surface area is 188 Å². The fourth-order valence-corrected chi connectivity index (χ4v) is 3.23. The van der Waals surface area contributed by atoms with Crippen molar-refractivity contribution in [1.82, 2.24) is 14.8 Å². The minimum atomic E-state index is -4.83. The molecule has 1 aliphatic heterocycles. The van der Waals surface area contributed by atoms with Crippen molar-refractivity contribution in [3.05, 3.63) is 58.0 Å². The lowest BCUT2D eigenvalue weighted by Gasteiger charge is -2.34. The van der Waals surface area contributed by atoms with Crippen LogP contribution in [0.25, 0.3) is 0 Å². The van der Waals surface area contributed by atoms with E-state index >= 15 is 0 Å². The monoisotopic (exact) mass is 492 g/mol. The first-order valence-electron chi connectivity index (χ1n) is 9.79. The van der Waals surface area contributed by atoms with Gasteiger partial charge in [-0.2, -0.15) is 13.2 Å². The molecular weight excluding hydrogens is 474 g/mol. The maximum atomic E-state index is 12.7. The Kier molecular flexibility index (Phi) is 7.19. The number of benzene rings is 1. The van der Waals surface area contributed by atoms with Crippen LogP contribution >= 0.6 is 0 Å². The summed E-state index contributed by atoms with van der Waals surface area (Å²) < 4.78 is 78.3. The summed E-state index contributed by atoms with van der Waals surface area (Å²) in [4.78, 5) is 41.3. The number of carbonyl (C=O) groups is 2. The van der Waals surface area contributed by atoms with Crippen molar-refractivity contribution in [2.75, 3.05) is 38.0 Å². The SMILES string of the molecule is O=C(CN1CCN(C(=O)c2ccc(C(F)(F)F)[nH]c2=O)CC1)Nc1ccc(OC(F)(F)F)cc1. The number of aromatic amines is 1. The zero-order valence-electron chi connectivity index (χ0n) is 17.3. The van der Waals surface area contributed by atoms with Crippen LogP contribution in [0.1, 0.15) is 16.1 Å². The molecule has 1 aromatic carbocycles. The molecule has 1 aromatic heterocycles. The van der Waals surface area contributed by atoms with Gasteiger partial charge in [0.15, 0.2) is 0 Å². The summed E-state index contributed by atoms with van der Waals surface area (Å²) in [5.74, 6) is -1.60. The van der Waals surface area contributed by atoms with Gasteiger partial charge in [-0.25, -0.2) is 0 Å². The highest BCUT2D eigenvalue weighted by Crippen LogP contribution is 2.26. The molecule has 1 aliphatic rings. The molecule has 0 saturated carbocycles. The zero-order chi connectivity index (χ0) is 25.1. The second-order valence-corrected chi connectivity index (χ2v) is 7.30. The Balaban J connectivity index is 1.50. The number of alkyl halides is 6. The Morgan fingerprint density at radius 2 is 1.56 bits per heavy atom. The Hall–Kier alpha value is -3.55. The standard InChI is InChI=1S/C20H18F6N4O4/c21-19(22,23)15-6-5-14(17(32)28-15)18(33)30-9-7-29(8-10-30)11-16(31)27-12-1-3-13(4-2-12)34-20(24,25)26/h1-6H,7-11H2,(H,27,31)(H,28,32). The van der Waals surface area contributed by atoms with Gasteiger partial charge in [0, 0.05) is 31.9 Å². The number of aromatic nitrogens is 1. The third-order valence-corrected chi connectivity index (χ3v) is 4.84. The van der Waals surface area contributed by atoms with Gasteiger partial charge in [0.2, 0.25) is 5.91 Å². The highest BCUT2D eigenvalue weighted by atomic mass is 19.4. The number of amides is 2. The number of hydrogen-bond donors (Lipinski definition) is 2. The minimum Gasteiger partial charge on any atom is -0.406 e. The van der Waals surface area contributed by atoms with Gasteiger partial charge in [0.05, 0.1) is 6.54 Å². The van der Waals surface area contributed by atoms with E-state index in [0.717, 1.165) is 18.2 Å². The summed E-state index contributed by atoms with van der Waals surface area (Å²) in [6.45, 7) is 0.724. The molecule has 1 fully saturated rings. The quantitative estimate of drug-likeness (QED) is 0.627. The third-order valence-electron chi connectivity index (χ3n) is 4.84. The predicted octanol–water partition coefficient (Wildman–Crippen LogP) is 2.69. The van der Waals surface area contributed by atoms with Crippen molar-refractivity contribution in [1.29, 1.82) is 0 Å². The maximum Gasteiger partial charge on any atom is 0.573 e. The Bertz CT molecular complexity index is 1090. The van der Waals surface area contributed by atoms with E-state index in [1.165, 1.54) is 17.0 Å².